The number of nitrogens with zero attached hydrogens (tertiary/aromatic N) is 3. The maximum absolute atomic E-state index is 4.25. The van der Waals surface area contributed by atoms with Gasteiger partial charge in [-0.15, -0.1) is 0 Å². The van der Waals surface area contributed by atoms with E-state index in [1.54, 1.807) is 6.34 Å². The van der Waals surface area contributed by atoms with Gasteiger partial charge in [0.2, 0.25) is 0 Å². The summed E-state index contributed by atoms with van der Waals surface area (Å²) in [5.74, 6) is 0.746. The molecule has 17 heavy (non-hydrogen) atoms. The van der Waals surface area contributed by atoms with Crippen molar-refractivity contribution in [2.75, 3.05) is 0 Å². The lowest BCUT2D eigenvalue weighted by molar-refractivity contribution is 0.791. The van der Waals surface area contributed by atoms with Gasteiger partial charge in [-0.3, -0.25) is 0 Å². The fourth-order valence-corrected chi connectivity index (χ4v) is 1.80. The summed E-state index contributed by atoms with van der Waals surface area (Å²) in [6.07, 6.45) is 4.17. The van der Waals surface area contributed by atoms with Crippen molar-refractivity contribution in [3.8, 4) is 0 Å². The lowest BCUT2D eigenvalue weighted by atomic mass is 10.1. The molecule has 4 heteroatoms. The summed E-state index contributed by atoms with van der Waals surface area (Å²) in [5.41, 5.74) is 3.29. The van der Waals surface area contributed by atoms with Crippen molar-refractivity contribution in [3.05, 3.63) is 47.8 Å². The summed E-state index contributed by atoms with van der Waals surface area (Å²) in [4.78, 5) is 12.5. The smallest absolute Gasteiger partial charge is 0.175 e. The van der Waals surface area contributed by atoms with Gasteiger partial charge in [-0.25, -0.2) is 15.0 Å². The molecule has 1 aromatic rings. The van der Waals surface area contributed by atoms with Gasteiger partial charge in [0, 0.05) is 24.9 Å². The van der Waals surface area contributed by atoms with E-state index in [4.69, 9.17) is 0 Å². The van der Waals surface area contributed by atoms with Gasteiger partial charge in [-0.1, -0.05) is 30.3 Å². The molecule has 0 aromatic heterocycles. The molecule has 2 aliphatic rings. The molecule has 0 spiro atoms. The van der Waals surface area contributed by atoms with Crippen molar-refractivity contribution < 1.29 is 0 Å². The molecule has 0 atom stereocenters. The van der Waals surface area contributed by atoms with Crippen molar-refractivity contribution in [1.29, 1.82) is 0 Å². The summed E-state index contributed by atoms with van der Waals surface area (Å²) in [6.45, 7) is 0.811. The second-order valence-electron chi connectivity index (χ2n) is 3.94. The van der Waals surface area contributed by atoms with Crippen molar-refractivity contribution in [1.82, 2.24) is 5.32 Å². The van der Waals surface area contributed by atoms with Gasteiger partial charge in [0.25, 0.3) is 0 Å². The first-order valence-electron chi connectivity index (χ1n) is 5.56. The lowest BCUT2D eigenvalue weighted by Crippen LogP contribution is -2.21. The minimum atomic E-state index is 0.746. The Morgan fingerprint density at radius 3 is 2.88 bits per heavy atom. The van der Waals surface area contributed by atoms with E-state index in [1.807, 2.05) is 24.4 Å². The number of hydrogen-bond acceptors (Lipinski definition) is 4. The fourth-order valence-electron chi connectivity index (χ4n) is 1.80. The molecular weight excluding hydrogens is 212 g/mol. The monoisotopic (exact) mass is 224 g/mol. The molecule has 1 aromatic carbocycles. The third-order valence-electron chi connectivity index (χ3n) is 2.71. The van der Waals surface area contributed by atoms with Gasteiger partial charge >= 0.3 is 0 Å². The third-order valence-corrected chi connectivity index (χ3v) is 2.71. The van der Waals surface area contributed by atoms with Crippen molar-refractivity contribution in [2.24, 2.45) is 15.0 Å². The second kappa shape index (κ2) is 4.33. The predicted molar refractivity (Wildman–Crippen MR) is 69.3 cm³/mol. The molecule has 0 saturated carbocycles. The minimum absolute atomic E-state index is 0.746. The van der Waals surface area contributed by atoms with E-state index >= 15 is 0 Å². The molecule has 3 rings (SSSR count). The van der Waals surface area contributed by atoms with Crippen molar-refractivity contribution in [3.63, 3.8) is 0 Å². The van der Waals surface area contributed by atoms with Gasteiger partial charge in [0.05, 0.1) is 5.71 Å². The Labute approximate surface area is 99.5 Å². The van der Waals surface area contributed by atoms with Crippen LogP contribution < -0.4 is 5.32 Å². The number of nitrogens with one attached hydrogen (secondary N) is 1. The minimum Gasteiger partial charge on any atom is -0.383 e. The first-order valence-corrected chi connectivity index (χ1v) is 5.56. The topological polar surface area (TPSA) is 49.1 Å². The van der Waals surface area contributed by atoms with E-state index in [0.29, 0.717) is 0 Å². The number of aliphatic imine (C=N–C) groups is 3. The summed E-state index contributed by atoms with van der Waals surface area (Å²) in [6, 6.07) is 10.3. The van der Waals surface area contributed by atoms with Gasteiger partial charge in [0.15, 0.2) is 5.84 Å². The van der Waals surface area contributed by atoms with Crippen molar-refractivity contribution in [2.45, 2.75) is 13.0 Å². The number of allylic oxidation sites excluding steroid dienone is 1. The Morgan fingerprint density at radius 2 is 2.00 bits per heavy atom. The van der Waals surface area contributed by atoms with Crippen LogP contribution in [0.1, 0.15) is 12.0 Å². The molecule has 84 valence electrons. The fraction of sp³-hybridized carbons (Fsp3) is 0.154. The van der Waals surface area contributed by atoms with Crippen LogP contribution in [0.3, 0.4) is 0 Å². The van der Waals surface area contributed by atoms with Crippen LogP contribution in [-0.4, -0.2) is 17.9 Å². The van der Waals surface area contributed by atoms with Crippen LogP contribution in [0.15, 0.2) is 57.2 Å². The van der Waals surface area contributed by atoms with E-state index < -0.39 is 0 Å². The zero-order valence-corrected chi connectivity index (χ0v) is 9.30. The Bertz CT molecular complexity index is 538. The Kier molecular flexibility index (Phi) is 2.54. The van der Waals surface area contributed by atoms with Gasteiger partial charge < -0.3 is 5.32 Å². The maximum atomic E-state index is 4.25. The van der Waals surface area contributed by atoms with Crippen LogP contribution in [0, 0.1) is 0 Å². The van der Waals surface area contributed by atoms with Crippen LogP contribution >= 0.6 is 0 Å². The molecule has 0 amide bonds. The Morgan fingerprint density at radius 1 is 1.12 bits per heavy atom. The number of fused-ring (bicyclic) bond motifs is 1. The average molecular weight is 224 g/mol. The van der Waals surface area contributed by atoms with Crippen LogP contribution in [-0.2, 0) is 6.54 Å². The normalized spacial score (nSPS) is 17.1. The van der Waals surface area contributed by atoms with Crippen LogP contribution in [0.5, 0.6) is 0 Å². The maximum Gasteiger partial charge on any atom is 0.175 e. The van der Waals surface area contributed by atoms with E-state index in [0.717, 1.165) is 30.2 Å². The third kappa shape index (κ3) is 2.15. The van der Waals surface area contributed by atoms with Gasteiger partial charge in [-0.05, 0) is 5.56 Å². The summed E-state index contributed by atoms with van der Waals surface area (Å²) in [7, 11) is 0. The highest BCUT2D eigenvalue weighted by Crippen LogP contribution is 2.12. The lowest BCUT2D eigenvalue weighted by Gasteiger charge is -2.13. The van der Waals surface area contributed by atoms with E-state index in [1.165, 1.54) is 5.56 Å². The average Bonchev–Trinajstić information content (AvgIpc) is 2.85. The van der Waals surface area contributed by atoms with E-state index in [2.05, 4.69) is 32.4 Å². The summed E-state index contributed by atoms with van der Waals surface area (Å²) < 4.78 is 0. The molecule has 0 fully saturated rings. The zero-order valence-electron chi connectivity index (χ0n) is 9.30. The van der Waals surface area contributed by atoms with E-state index in [9.17, 15) is 0 Å². The molecule has 2 heterocycles. The Balaban J connectivity index is 1.64. The zero-order chi connectivity index (χ0) is 11.5. The summed E-state index contributed by atoms with van der Waals surface area (Å²) in [5, 5.41) is 3.37. The molecule has 1 N–H and O–H groups in total. The van der Waals surface area contributed by atoms with Crippen LogP contribution in [0.25, 0.3) is 0 Å². The van der Waals surface area contributed by atoms with Crippen LogP contribution in [0.4, 0.5) is 0 Å². The second-order valence-corrected chi connectivity index (χ2v) is 3.94. The van der Waals surface area contributed by atoms with E-state index in [-0.39, 0.29) is 0 Å². The first-order chi connectivity index (χ1) is 8.42. The molecule has 0 saturated heterocycles. The quantitative estimate of drug-likeness (QED) is 0.837. The summed E-state index contributed by atoms with van der Waals surface area (Å²) >= 11 is 0. The van der Waals surface area contributed by atoms with Gasteiger partial charge in [0.1, 0.15) is 6.34 Å². The highest BCUT2D eigenvalue weighted by molar-refractivity contribution is 6.47. The highest BCUT2D eigenvalue weighted by Gasteiger charge is 2.17. The first kappa shape index (κ1) is 9.96. The number of amidine groups is 1. The van der Waals surface area contributed by atoms with Crippen LogP contribution in [0.2, 0.25) is 0 Å². The molecule has 0 unspecified atom stereocenters. The number of benzene rings is 1. The molecule has 4 nitrogen and oxygen atoms in total. The molecule has 2 aliphatic heterocycles. The predicted octanol–water partition coefficient (Wildman–Crippen LogP) is 1.90. The molecule has 0 bridgehead atoms. The number of hydrogen-bond donors (Lipinski definition) is 1. The van der Waals surface area contributed by atoms with Gasteiger partial charge in [-0.2, -0.15) is 0 Å². The molecule has 0 radical (unpaired) electrons. The molecular formula is C13H12N4. The Hall–Kier alpha value is -2.23. The SMILES string of the molecule is C1=NC2=NC=C(NCc3ccccc3)CC2=N1. The molecule has 0 aliphatic carbocycles. The van der Waals surface area contributed by atoms with Crippen molar-refractivity contribution >= 4 is 17.9 Å². The number of rotatable bonds is 3. The standard InChI is InChI=1S/C13H12N4/c1-2-4-10(5-3-1)7-14-11-6-12-13(15-8-11)17-9-16-12/h1-5,8-9,14H,6-7H2. The largest absolute Gasteiger partial charge is 0.383 e. The highest BCUT2D eigenvalue weighted by atomic mass is 15.1.